The van der Waals surface area contributed by atoms with Gasteiger partial charge in [0, 0.05) is 18.8 Å². The second-order valence-corrected chi connectivity index (χ2v) is 5.42. The number of fused-ring (bicyclic) bond motifs is 1. The zero-order chi connectivity index (χ0) is 13.0. The second-order valence-electron chi connectivity index (χ2n) is 5.42. The van der Waals surface area contributed by atoms with Crippen molar-refractivity contribution < 1.29 is 14.2 Å². The molecule has 1 aliphatic carbocycles. The van der Waals surface area contributed by atoms with Gasteiger partial charge in [-0.3, -0.25) is 0 Å². The minimum atomic E-state index is -0.241. The van der Waals surface area contributed by atoms with Crippen molar-refractivity contribution in [3.8, 4) is 0 Å². The van der Waals surface area contributed by atoms with E-state index in [0.29, 0.717) is 5.92 Å². The van der Waals surface area contributed by atoms with Crippen LogP contribution in [0.25, 0.3) is 0 Å². The van der Waals surface area contributed by atoms with E-state index in [1.54, 1.807) is 6.26 Å². The molecule has 0 bridgehead atoms. The number of rotatable bonds is 1. The quantitative estimate of drug-likeness (QED) is 0.745. The molecular weight excluding hydrogens is 248 g/mol. The summed E-state index contributed by atoms with van der Waals surface area (Å²) in [6.07, 6.45) is 9.28. The van der Waals surface area contributed by atoms with Crippen molar-refractivity contribution in [1.29, 1.82) is 0 Å². The first-order chi connectivity index (χ1) is 8.83. The Morgan fingerprint density at radius 1 is 1.06 bits per heavy atom. The molecule has 0 aromatic carbocycles. The fourth-order valence-electron chi connectivity index (χ4n) is 3.33. The minimum absolute atomic E-state index is 0.191. The summed E-state index contributed by atoms with van der Waals surface area (Å²) >= 11 is 3.53. The van der Waals surface area contributed by atoms with Crippen molar-refractivity contribution in [2.75, 3.05) is 19.5 Å². The molecule has 3 atom stereocenters. The van der Waals surface area contributed by atoms with Crippen LogP contribution in [-0.2, 0) is 14.2 Å². The van der Waals surface area contributed by atoms with Crippen molar-refractivity contribution >= 4 is 12.6 Å². The molecule has 3 unspecified atom stereocenters. The van der Waals surface area contributed by atoms with E-state index in [2.05, 4.69) is 19.6 Å². The van der Waals surface area contributed by atoms with E-state index in [1.165, 1.54) is 19.3 Å². The lowest BCUT2D eigenvalue weighted by molar-refractivity contribution is -0.195. The summed E-state index contributed by atoms with van der Waals surface area (Å²) in [5.74, 6) is 0.286. The highest BCUT2D eigenvalue weighted by atomic mass is 32.1. The lowest BCUT2D eigenvalue weighted by atomic mass is 9.93. The van der Waals surface area contributed by atoms with Crippen LogP contribution in [0.2, 0.25) is 0 Å². The van der Waals surface area contributed by atoms with Gasteiger partial charge in [-0.1, -0.05) is 13.3 Å². The molecule has 2 saturated heterocycles. The highest BCUT2D eigenvalue weighted by molar-refractivity contribution is 7.79. The standard InChI is InChI=1S/C13H22O3.CH4S/c1-2-10-8-14-9-11-12(10)16-13(15-11)6-4-3-5-7-13;1-2/h10-12H,2-9H2,1H3;2H,1H3. The lowest BCUT2D eigenvalue weighted by Gasteiger charge is -2.32. The molecular formula is C14H26O3S. The van der Waals surface area contributed by atoms with Crippen molar-refractivity contribution in [2.45, 2.75) is 63.4 Å². The van der Waals surface area contributed by atoms with Crippen LogP contribution in [0.3, 0.4) is 0 Å². The predicted molar refractivity (Wildman–Crippen MR) is 75.1 cm³/mol. The maximum absolute atomic E-state index is 6.30. The first-order valence-corrected chi connectivity index (χ1v) is 8.10. The Balaban J connectivity index is 0.000000574. The van der Waals surface area contributed by atoms with Crippen molar-refractivity contribution in [1.82, 2.24) is 0 Å². The third kappa shape index (κ3) is 2.87. The SMILES string of the molecule is CCC1COCC2OC3(CCCCC3)OC12.CS. The smallest absolute Gasteiger partial charge is 0.169 e. The first-order valence-electron chi connectivity index (χ1n) is 7.21. The van der Waals surface area contributed by atoms with E-state index in [-0.39, 0.29) is 18.0 Å². The van der Waals surface area contributed by atoms with E-state index < -0.39 is 0 Å². The fourth-order valence-corrected chi connectivity index (χ4v) is 3.33. The molecule has 1 spiro atoms. The van der Waals surface area contributed by atoms with Crippen molar-refractivity contribution in [2.24, 2.45) is 5.92 Å². The number of hydrogen-bond donors (Lipinski definition) is 1. The van der Waals surface area contributed by atoms with Gasteiger partial charge in [-0.2, -0.15) is 12.6 Å². The summed E-state index contributed by atoms with van der Waals surface area (Å²) in [7, 11) is 0. The summed E-state index contributed by atoms with van der Waals surface area (Å²) < 4.78 is 18.1. The van der Waals surface area contributed by atoms with Gasteiger partial charge in [0.05, 0.1) is 19.3 Å². The first kappa shape index (κ1) is 14.6. The molecule has 18 heavy (non-hydrogen) atoms. The maximum Gasteiger partial charge on any atom is 0.169 e. The van der Waals surface area contributed by atoms with Crippen molar-refractivity contribution in [3.05, 3.63) is 0 Å². The summed E-state index contributed by atoms with van der Waals surface area (Å²) in [6, 6.07) is 0. The molecule has 0 amide bonds. The van der Waals surface area contributed by atoms with Gasteiger partial charge in [-0.15, -0.1) is 0 Å². The Morgan fingerprint density at radius 3 is 2.44 bits per heavy atom. The van der Waals surface area contributed by atoms with Crippen LogP contribution in [0.5, 0.6) is 0 Å². The van der Waals surface area contributed by atoms with Crippen LogP contribution in [0.1, 0.15) is 45.4 Å². The molecule has 2 aliphatic heterocycles. The van der Waals surface area contributed by atoms with Gasteiger partial charge in [0.25, 0.3) is 0 Å². The topological polar surface area (TPSA) is 27.7 Å². The Labute approximate surface area is 116 Å². The van der Waals surface area contributed by atoms with E-state index >= 15 is 0 Å². The van der Waals surface area contributed by atoms with Crippen LogP contribution < -0.4 is 0 Å². The monoisotopic (exact) mass is 274 g/mol. The fraction of sp³-hybridized carbons (Fsp3) is 1.00. The molecule has 0 aromatic rings. The highest BCUT2D eigenvalue weighted by Gasteiger charge is 2.51. The van der Waals surface area contributed by atoms with Gasteiger partial charge in [-0.25, -0.2) is 0 Å². The van der Waals surface area contributed by atoms with Crippen LogP contribution in [-0.4, -0.2) is 37.5 Å². The average molecular weight is 274 g/mol. The summed E-state index contributed by atoms with van der Waals surface area (Å²) in [5.41, 5.74) is 0. The average Bonchev–Trinajstić information content (AvgIpc) is 2.79. The van der Waals surface area contributed by atoms with E-state index in [0.717, 1.165) is 32.5 Å². The molecule has 0 radical (unpaired) electrons. The molecule has 0 N–H and O–H groups in total. The Morgan fingerprint density at radius 2 is 1.78 bits per heavy atom. The third-order valence-electron chi connectivity index (χ3n) is 4.30. The Kier molecular flexibility index (Phi) is 5.36. The van der Waals surface area contributed by atoms with Crippen LogP contribution >= 0.6 is 12.6 Å². The van der Waals surface area contributed by atoms with E-state index in [9.17, 15) is 0 Å². The zero-order valence-corrected chi connectivity index (χ0v) is 12.5. The number of hydrogen-bond acceptors (Lipinski definition) is 4. The molecule has 0 aromatic heterocycles. The van der Waals surface area contributed by atoms with Crippen molar-refractivity contribution in [3.63, 3.8) is 0 Å². The Bertz CT molecular complexity index is 253. The van der Waals surface area contributed by atoms with Gasteiger partial charge < -0.3 is 14.2 Å². The predicted octanol–water partition coefficient (Wildman–Crippen LogP) is 3.03. The molecule has 1 saturated carbocycles. The molecule has 2 heterocycles. The van der Waals surface area contributed by atoms with Gasteiger partial charge in [0.2, 0.25) is 0 Å². The lowest BCUT2D eigenvalue weighted by Crippen LogP contribution is -2.41. The Hall–Kier alpha value is 0.230. The van der Waals surface area contributed by atoms with E-state index in [4.69, 9.17) is 14.2 Å². The number of thiol groups is 1. The van der Waals surface area contributed by atoms with Gasteiger partial charge in [0.15, 0.2) is 5.79 Å². The summed E-state index contributed by atoms with van der Waals surface area (Å²) in [5, 5.41) is 0. The third-order valence-corrected chi connectivity index (χ3v) is 4.30. The van der Waals surface area contributed by atoms with Gasteiger partial charge >= 0.3 is 0 Å². The van der Waals surface area contributed by atoms with Gasteiger partial charge in [-0.05, 0) is 25.5 Å². The van der Waals surface area contributed by atoms with Crippen LogP contribution in [0.4, 0.5) is 0 Å². The second kappa shape index (κ2) is 6.60. The zero-order valence-electron chi connectivity index (χ0n) is 11.6. The molecule has 3 rings (SSSR count). The number of ether oxygens (including phenoxy) is 3. The summed E-state index contributed by atoms with van der Waals surface area (Å²) in [4.78, 5) is 0. The normalized spacial score (nSPS) is 37.8. The molecule has 3 aliphatic rings. The van der Waals surface area contributed by atoms with Gasteiger partial charge in [0.1, 0.15) is 6.10 Å². The maximum atomic E-state index is 6.30. The molecule has 3 fully saturated rings. The molecule has 106 valence electrons. The van der Waals surface area contributed by atoms with Crippen LogP contribution in [0.15, 0.2) is 0 Å². The van der Waals surface area contributed by atoms with Crippen LogP contribution in [0, 0.1) is 5.92 Å². The molecule has 4 heteroatoms. The summed E-state index contributed by atoms with van der Waals surface area (Å²) in [6.45, 7) is 3.78. The highest BCUT2D eigenvalue weighted by Crippen LogP contribution is 2.44. The molecule has 3 nitrogen and oxygen atoms in total. The van der Waals surface area contributed by atoms with E-state index in [1.807, 2.05) is 0 Å². The largest absolute Gasteiger partial charge is 0.378 e. The minimum Gasteiger partial charge on any atom is -0.378 e.